The van der Waals surface area contributed by atoms with Crippen LogP contribution in [0.2, 0.25) is 0 Å². The van der Waals surface area contributed by atoms with Crippen LogP contribution in [0.4, 0.5) is 32.0 Å². The maximum absolute atomic E-state index is 12.9. The maximum atomic E-state index is 12.9. The van der Waals surface area contributed by atoms with Gasteiger partial charge < -0.3 is 10.1 Å². The minimum Gasteiger partial charge on any atom is -0.452 e. The van der Waals surface area contributed by atoms with E-state index in [2.05, 4.69) is 10.1 Å². The van der Waals surface area contributed by atoms with Crippen LogP contribution >= 0.6 is 0 Å². The molecule has 0 aromatic heterocycles. The number of nitrogens with one attached hydrogen (secondary N) is 1. The summed E-state index contributed by atoms with van der Waals surface area (Å²) in [6.45, 7) is 2.87. The molecule has 0 saturated heterocycles. The number of esters is 1. The van der Waals surface area contributed by atoms with Crippen LogP contribution in [0.25, 0.3) is 0 Å². The van der Waals surface area contributed by atoms with Crippen molar-refractivity contribution in [3.05, 3.63) is 64.2 Å². The molecule has 2 aromatic rings. The van der Waals surface area contributed by atoms with E-state index in [0.717, 1.165) is 11.1 Å². The van der Waals surface area contributed by atoms with Gasteiger partial charge in [0.05, 0.1) is 16.7 Å². The van der Waals surface area contributed by atoms with Gasteiger partial charge in [-0.3, -0.25) is 4.79 Å². The Morgan fingerprint density at radius 1 is 0.871 bits per heavy atom. The van der Waals surface area contributed by atoms with Crippen LogP contribution in [0, 0.1) is 0 Å². The number of aryl methyl sites for hydroxylation is 2. The van der Waals surface area contributed by atoms with Crippen LogP contribution < -0.4 is 5.32 Å². The van der Waals surface area contributed by atoms with Crippen molar-refractivity contribution in [2.75, 3.05) is 11.9 Å². The minimum absolute atomic E-state index is 0.0998. The van der Waals surface area contributed by atoms with Gasteiger partial charge in [0.25, 0.3) is 5.91 Å². The van der Waals surface area contributed by atoms with Crippen molar-refractivity contribution in [2.24, 2.45) is 0 Å². The fraction of sp³-hybridized carbons (Fsp3) is 0.333. The van der Waals surface area contributed by atoms with Gasteiger partial charge in [0, 0.05) is 5.69 Å². The number of amides is 1. The lowest BCUT2D eigenvalue weighted by Gasteiger charge is -2.15. The van der Waals surface area contributed by atoms with Crippen molar-refractivity contribution in [1.82, 2.24) is 0 Å². The second-order valence-electron chi connectivity index (χ2n) is 6.58. The van der Waals surface area contributed by atoms with E-state index >= 15 is 0 Å². The summed E-state index contributed by atoms with van der Waals surface area (Å²) < 4.78 is 82.1. The Kier molecular flexibility index (Phi) is 7.35. The first-order valence-electron chi connectivity index (χ1n) is 9.24. The lowest BCUT2D eigenvalue weighted by Crippen LogP contribution is -2.23. The highest BCUT2D eigenvalue weighted by Crippen LogP contribution is 2.36. The number of carbonyl (C=O) groups is 2. The van der Waals surface area contributed by atoms with Crippen LogP contribution in [0.3, 0.4) is 0 Å². The van der Waals surface area contributed by atoms with Crippen molar-refractivity contribution < 1.29 is 40.7 Å². The number of halogens is 6. The van der Waals surface area contributed by atoms with Gasteiger partial charge in [-0.05, 0) is 42.2 Å². The molecule has 0 aliphatic carbocycles. The topological polar surface area (TPSA) is 55.4 Å². The molecular formula is C21H19F6NO3. The lowest BCUT2D eigenvalue weighted by atomic mass is 10.0. The Morgan fingerprint density at radius 3 is 1.77 bits per heavy atom. The molecule has 0 fully saturated rings. The summed E-state index contributed by atoms with van der Waals surface area (Å²) in [4.78, 5) is 24.3. The number of hydrogen-bond acceptors (Lipinski definition) is 3. The fourth-order valence-corrected chi connectivity index (χ4v) is 2.87. The van der Waals surface area contributed by atoms with Gasteiger partial charge in [-0.25, -0.2) is 4.79 Å². The van der Waals surface area contributed by atoms with Gasteiger partial charge in [0.1, 0.15) is 0 Å². The molecular weight excluding hydrogens is 428 g/mol. The van der Waals surface area contributed by atoms with E-state index in [1.807, 2.05) is 19.9 Å². The molecule has 2 aromatic carbocycles. The number of para-hydroxylation sites is 1. The van der Waals surface area contributed by atoms with Crippen LogP contribution in [0.5, 0.6) is 0 Å². The number of anilines is 1. The van der Waals surface area contributed by atoms with E-state index in [1.165, 1.54) is 0 Å². The van der Waals surface area contributed by atoms with E-state index in [-0.39, 0.29) is 18.2 Å². The molecule has 0 spiro atoms. The van der Waals surface area contributed by atoms with Crippen LogP contribution in [0.15, 0.2) is 36.4 Å². The second-order valence-corrected chi connectivity index (χ2v) is 6.58. The van der Waals surface area contributed by atoms with E-state index in [1.54, 1.807) is 12.1 Å². The first-order valence-corrected chi connectivity index (χ1v) is 9.24. The zero-order valence-electron chi connectivity index (χ0n) is 16.6. The molecule has 4 nitrogen and oxygen atoms in total. The van der Waals surface area contributed by atoms with Crippen molar-refractivity contribution in [1.29, 1.82) is 0 Å². The first kappa shape index (κ1) is 24.2. The molecule has 168 valence electrons. The molecule has 0 atom stereocenters. The molecule has 10 heteroatoms. The van der Waals surface area contributed by atoms with E-state index in [0.29, 0.717) is 18.5 Å². The van der Waals surface area contributed by atoms with Crippen molar-refractivity contribution in [3.8, 4) is 0 Å². The summed E-state index contributed by atoms with van der Waals surface area (Å²) >= 11 is 0. The van der Waals surface area contributed by atoms with E-state index in [9.17, 15) is 35.9 Å². The number of ether oxygens (including phenoxy) is 1. The molecule has 31 heavy (non-hydrogen) atoms. The highest BCUT2D eigenvalue weighted by atomic mass is 19.4. The van der Waals surface area contributed by atoms with Gasteiger partial charge >= 0.3 is 18.3 Å². The molecule has 1 N–H and O–H groups in total. The predicted molar refractivity (Wildman–Crippen MR) is 101 cm³/mol. The Bertz CT molecular complexity index is 912. The number of rotatable bonds is 6. The van der Waals surface area contributed by atoms with Crippen LogP contribution in [-0.2, 0) is 34.7 Å². The Labute approximate surface area is 174 Å². The molecule has 2 rings (SSSR count). The standard InChI is InChI=1S/C21H19F6NO3/c1-3-12-6-5-7-13(4-2)18(12)28-17(29)11-31-19(30)14-8-15(20(22,23)24)10-16(9-14)21(25,26)27/h5-10H,3-4,11H2,1-2H3,(H,28,29). The molecule has 0 aliphatic heterocycles. The third-order valence-electron chi connectivity index (χ3n) is 4.42. The molecule has 0 unspecified atom stereocenters. The number of hydrogen-bond donors (Lipinski definition) is 1. The third kappa shape index (κ3) is 6.22. The highest BCUT2D eigenvalue weighted by molar-refractivity contribution is 5.96. The van der Waals surface area contributed by atoms with Crippen molar-refractivity contribution in [2.45, 2.75) is 39.0 Å². The average Bonchev–Trinajstić information content (AvgIpc) is 2.70. The average molecular weight is 447 g/mol. The molecule has 0 saturated carbocycles. The third-order valence-corrected chi connectivity index (χ3v) is 4.42. The molecule has 0 heterocycles. The molecule has 0 aliphatic rings. The molecule has 0 bridgehead atoms. The van der Waals surface area contributed by atoms with E-state index in [4.69, 9.17) is 0 Å². The zero-order chi connectivity index (χ0) is 23.4. The summed E-state index contributed by atoms with van der Waals surface area (Å²) in [5.41, 5.74) is -2.07. The van der Waals surface area contributed by atoms with Crippen molar-refractivity contribution in [3.63, 3.8) is 0 Å². The number of benzene rings is 2. The van der Waals surface area contributed by atoms with Crippen LogP contribution in [-0.4, -0.2) is 18.5 Å². The van der Waals surface area contributed by atoms with Gasteiger partial charge in [0.2, 0.25) is 0 Å². The van der Waals surface area contributed by atoms with E-state index < -0.39 is 47.5 Å². The smallest absolute Gasteiger partial charge is 0.416 e. The largest absolute Gasteiger partial charge is 0.452 e. The summed E-state index contributed by atoms with van der Waals surface area (Å²) in [5.74, 6) is -2.25. The van der Waals surface area contributed by atoms with Gasteiger partial charge in [0.15, 0.2) is 6.61 Å². The summed E-state index contributed by atoms with van der Waals surface area (Å²) in [5, 5.41) is 2.58. The second kappa shape index (κ2) is 9.40. The maximum Gasteiger partial charge on any atom is 0.416 e. The number of carbonyl (C=O) groups excluding carboxylic acids is 2. The van der Waals surface area contributed by atoms with Crippen LogP contribution in [0.1, 0.15) is 46.5 Å². The lowest BCUT2D eigenvalue weighted by molar-refractivity contribution is -0.143. The van der Waals surface area contributed by atoms with Gasteiger partial charge in [-0.1, -0.05) is 32.0 Å². The number of alkyl halides is 6. The Balaban J connectivity index is 2.19. The normalized spacial score (nSPS) is 11.9. The highest BCUT2D eigenvalue weighted by Gasteiger charge is 2.37. The minimum atomic E-state index is -5.10. The summed E-state index contributed by atoms with van der Waals surface area (Å²) in [7, 11) is 0. The van der Waals surface area contributed by atoms with Gasteiger partial charge in [-0.2, -0.15) is 26.3 Å². The fourth-order valence-electron chi connectivity index (χ4n) is 2.87. The predicted octanol–water partition coefficient (Wildman–Crippen LogP) is 5.64. The summed E-state index contributed by atoms with van der Waals surface area (Å²) in [6, 6.07) is 5.80. The first-order chi connectivity index (χ1) is 14.4. The molecule has 0 radical (unpaired) electrons. The monoisotopic (exact) mass is 447 g/mol. The quantitative estimate of drug-likeness (QED) is 0.460. The van der Waals surface area contributed by atoms with Crippen molar-refractivity contribution >= 4 is 17.6 Å². The SMILES string of the molecule is CCc1cccc(CC)c1NC(=O)COC(=O)c1cc(C(F)(F)F)cc(C(F)(F)F)c1. The Hall–Kier alpha value is -3.04. The molecule has 1 amide bonds. The van der Waals surface area contributed by atoms with Gasteiger partial charge in [-0.15, -0.1) is 0 Å². The Morgan fingerprint density at radius 2 is 1.35 bits per heavy atom. The zero-order valence-corrected chi connectivity index (χ0v) is 16.6. The summed E-state index contributed by atoms with van der Waals surface area (Å²) in [6.07, 6.45) is -9.00.